The third kappa shape index (κ3) is 2.65. The number of carbonyl (C=O) groups is 1. The Morgan fingerprint density at radius 2 is 1.86 bits per heavy atom. The van der Waals surface area contributed by atoms with Gasteiger partial charge in [-0.1, -0.05) is 30.7 Å². The molecule has 21 heavy (non-hydrogen) atoms. The molecule has 2 nitrogen and oxygen atoms in total. The molecule has 0 atom stereocenters. The molecule has 110 valence electrons. The molecule has 0 radical (unpaired) electrons. The monoisotopic (exact) mass is 286 g/mol. The Labute approximate surface area is 123 Å². The molecule has 1 aliphatic carbocycles. The van der Waals surface area contributed by atoms with Crippen molar-refractivity contribution in [3.8, 4) is 0 Å². The number of esters is 1. The molecule has 1 saturated carbocycles. The van der Waals surface area contributed by atoms with Gasteiger partial charge in [0.2, 0.25) is 0 Å². The number of hydrogen-bond donors (Lipinski definition) is 0. The molecule has 0 saturated heterocycles. The fourth-order valence-electron chi connectivity index (χ4n) is 3.48. The third-order valence-corrected chi connectivity index (χ3v) is 4.32. The Bertz CT molecular complexity index is 672. The second-order valence-electron chi connectivity index (χ2n) is 5.82. The Balaban J connectivity index is 2.21. The molecule has 0 aliphatic heterocycles. The smallest absolute Gasteiger partial charge is 0.303 e. The van der Waals surface area contributed by atoms with E-state index in [1.54, 1.807) is 0 Å². The first-order chi connectivity index (χ1) is 10.1. The molecule has 3 rings (SSSR count). The van der Waals surface area contributed by atoms with Crippen molar-refractivity contribution in [1.29, 1.82) is 0 Å². The summed E-state index contributed by atoms with van der Waals surface area (Å²) in [7, 11) is 0. The maximum Gasteiger partial charge on any atom is 0.303 e. The molecular formula is C18H19FO2. The average molecular weight is 286 g/mol. The second-order valence-corrected chi connectivity index (χ2v) is 5.82. The summed E-state index contributed by atoms with van der Waals surface area (Å²) in [6.07, 6.45) is 4.66. The second kappa shape index (κ2) is 5.47. The van der Waals surface area contributed by atoms with Crippen LogP contribution in [0.3, 0.4) is 0 Å². The van der Waals surface area contributed by atoms with E-state index >= 15 is 0 Å². The van der Waals surface area contributed by atoms with Gasteiger partial charge in [-0.25, -0.2) is 4.39 Å². The molecule has 3 heteroatoms. The Morgan fingerprint density at radius 3 is 2.57 bits per heavy atom. The van der Waals surface area contributed by atoms with Crippen LogP contribution < -0.4 is 0 Å². The van der Waals surface area contributed by atoms with Crippen LogP contribution in [0.1, 0.15) is 44.6 Å². The molecule has 0 N–H and O–H groups in total. The van der Waals surface area contributed by atoms with E-state index in [9.17, 15) is 9.18 Å². The number of benzene rings is 2. The number of rotatable bonds is 2. The molecular weight excluding hydrogens is 267 g/mol. The summed E-state index contributed by atoms with van der Waals surface area (Å²) in [5, 5.41) is 1.83. The molecule has 1 fully saturated rings. The minimum absolute atomic E-state index is 0.277. The maximum atomic E-state index is 14.0. The van der Waals surface area contributed by atoms with Crippen LogP contribution in [0.15, 0.2) is 36.4 Å². The van der Waals surface area contributed by atoms with Gasteiger partial charge in [-0.3, -0.25) is 4.79 Å². The van der Waals surface area contributed by atoms with Crippen LogP contribution in [0.4, 0.5) is 4.39 Å². The quantitative estimate of drug-likeness (QED) is 0.748. The molecule has 1 aliphatic rings. The summed E-state index contributed by atoms with van der Waals surface area (Å²) >= 11 is 0. The average Bonchev–Trinajstić information content (AvgIpc) is 2.46. The summed E-state index contributed by atoms with van der Waals surface area (Å²) in [5.41, 5.74) is 0.138. The van der Waals surface area contributed by atoms with Crippen molar-refractivity contribution in [3.63, 3.8) is 0 Å². The zero-order valence-electron chi connectivity index (χ0n) is 12.2. The minimum Gasteiger partial charge on any atom is -0.454 e. The number of halogens is 1. The standard InChI is InChI=1S/C18H19FO2/c1-13(20)21-18(9-5-2-6-10-18)17-12-15(19)11-14-7-3-4-8-16(14)17/h3-4,7-8,11-12H,2,5-6,9-10H2,1H3. The van der Waals surface area contributed by atoms with Gasteiger partial charge in [-0.2, -0.15) is 0 Å². The van der Waals surface area contributed by atoms with E-state index < -0.39 is 5.60 Å². The molecule has 0 unspecified atom stereocenters. The first-order valence-electron chi connectivity index (χ1n) is 7.49. The SMILES string of the molecule is CC(=O)OC1(c2cc(F)cc3ccccc23)CCCCC1. The fourth-order valence-corrected chi connectivity index (χ4v) is 3.48. The summed E-state index contributed by atoms with van der Waals surface area (Å²) in [6.45, 7) is 1.43. The third-order valence-electron chi connectivity index (χ3n) is 4.32. The topological polar surface area (TPSA) is 26.3 Å². The lowest BCUT2D eigenvalue weighted by atomic mass is 9.77. The van der Waals surface area contributed by atoms with Gasteiger partial charge in [0, 0.05) is 12.5 Å². The predicted molar refractivity (Wildman–Crippen MR) is 80.4 cm³/mol. The number of carbonyl (C=O) groups excluding carboxylic acids is 1. The summed E-state index contributed by atoms with van der Waals surface area (Å²) < 4.78 is 19.7. The van der Waals surface area contributed by atoms with Gasteiger partial charge >= 0.3 is 5.97 Å². The van der Waals surface area contributed by atoms with Crippen molar-refractivity contribution < 1.29 is 13.9 Å². The molecule has 0 heterocycles. The number of hydrogen-bond acceptors (Lipinski definition) is 2. The van der Waals surface area contributed by atoms with Gasteiger partial charge in [0.1, 0.15) is 11.4 Å². The highest BCUT2D eigenvalue weighted by molar-refractivity contribution is 5.87. The van der Waals surface area contributed by atoms with Crippen LogP contribution in [-0.4, -0.2) is 5.97 Å². The summed E-state index contributed by atoms with van der Waals surface area (Å²) in [5.74, 6) is -0.578. The number of fused-ring (bicyclic) bond motifs is 1. The minimum atomic E-state index is -0.675. The van der Waals surface area contributed by atoms with E-state index in [-0.39, 0.29) is 11.8 Å². The molecule has 0 spiro atoms. The molecule has 2 aromatic rings. The van der Waals surface area contributed by atoms with Crippen LogP contribution >= 0.6 is 0 Å². The predicted octanol–water partition coefficient (Wildman–Crippen LogP) is 4.70. The van der Waals surface area contributed by atoms with Gasteiger partial charge in [0.05, 0.1) is 0 Å². The van der Waals surface area contributed by atoms with Gasteiger partial charge in [0.25, 0.3) is 0 Å². The first-order valence-corrected chi connectivity index (χ1v) is 7.49. The first kappa shape index (κ1) is 14.1. The van der Waals surface area contributed by atoms with E-state index in [4.69, 9.17) is 4.74 Å². The maximum absolute atomic E-state index is 14.0. The van der Waals surface area contributed by atoms with Gasteiger partial charge in [0.15, 0.2) is 0 Å². The van der Waals surface area contributed by atoms with Gasteiger partial charge < -0.3 is 4.74 Å². The van der Waals surface area contributed by atoms with Crippen LogP contribution in [0.2, 0.25) is 0 Å². The Hall–Kier alpha value is -1.90. The fraction of sp³-hybridized carbons (Fsp3) is 0.389. The van der Waals surface area contributed by atoms with Crippen molar-refractivity contribution in [2.75, 3.05) is 0 Å². The summed E-state index contributed by atoms with van der Waals surface area (Å²) in [6, 6.07) is 10.8. The molecule has 0 aromatic heterocycles. The lowest BCUT2D eigenvalue weighted by molar-refractivity contribution is -0.162. The van der Waals surface area contributed by atoms with Crippen molar-refractivity contribution in [3.05, 3.63) is 47.8 Å². The van der Waals surface area contributed by atoms with Crippen LogP contribution in [0.5, 0.6) is 0 Å². The van der Waals surface area contributed by atoms with E-state index in [1.165, 1.54) is 19.1 Å². The normalized spacial score (nSPS) is 17.6. The molecule has 0 amide bonds. The van der Waals surface area contributed by atoms with E-state index in [0.29, 0.717) is 0 Å². The lowest BCUT2D eigenvalue weighted by Gasteiger charge is -2.37. The van der Waals surface area contributed by atoms with Crippen molar-refractivity contribution in [2.45, 2.75) is 44.6 Å². The van der Waals surface area contributed by atoms with Crippen molar-refractivity contribution in [1.82, 2.24) is 0 Å². The van der Waals surface area contributed by atoms with Crippen LogP contribution in [0, 0.1) is 5.82 Å². The Kier molecular flexibility index (Phi) is 3.66. The largest absolute Gasteiger partial charge is 0.454 e. The Morgan fingerprint density at radius 1 is 1.14 bits per heavy atom. The lowest BCUT2D eigenvalue weighted by Crippen LogP contribution is -2.34. The number of ether oxygens (including phenoxy) is 1. The van der Waals surface area contributed by atoms with E-state index in [1.807, 2.05) is 24.3 Å². The van der Waals surface area contributed by atoms with Crippen LogP contribution in [-0.2, 0) is 15.1 Å². The zero-order valence-corrected chi connectivity index (χ0v) is 12.2. The van der Waals surface area contributed by atoms with Gasteiger partial charge in [-0.15, -0.1) is 0 Å². The van der Waals surface area contributed by atoms with Crippen molar-refractivity contribution in [2.24, 2.45) is 0 Å². The molecule has 2 aromatic carbocycles. The molecule has 0 bridgehead atoms. The van der Waals surface area contributed by atoms with Crippen molar-refractivity contribution >= 4 is 16.7 Å². The summed E-state index contributed by atoms with van der Waals surface area (Å²) in [4.78, 5) is 11.6. The highest BCUT2D eigenvalue weighted by Gasteiger charge is 2.38. The van der Waals surface area contributed by atoms with E-state index in [0.717, 1.165) is 48.4 Å². The van der Waals surface area contributed by atoms with Crippen LogP contribution in [0.25, 0.3) is 10.8 Å². The van der Waals surface area contributed by atoms with E-state index in [2.05, 4.69) is 0 Å². The highest BCUT2D eigenvalue weighted by Crippen LogP contribution is 2.43. The zero-order chi connectivity index (χ0) is 14.9. The van der Waals surface area contributed by atoms with Gasteiger partial charge in [-0.05, 0) is 48.6 Å². The highest BCUT2D eigenvalue weighted by atomic mass is 19.1.